The van der Waals surface area contributed by atoms with Gasteiger partial charge in [-0.25, -0.2) is 4.79 Å². The highest BCUT2D eigenvalue weighted by atomic mass is 16.4. The minimum atomic E-state index is -0.861. The lowest BCUT2D eigenvalue weighted by Crippen LogP contribution is -2.49. The predicted molar refractivity (Wildman–Crippen MR) is 60.1 cm³/mol. The zero-order chi connectivity index (χ0) is 12.1. The quantitative estimate of drug-likeness (QED) is 0.661. The molecule has 1 saturated carbocycles. The number of hydrogen-bond acceptors (Lipinski definition) is 2. The molecule has 0 aromatic heterocycles. The molecule has 1 aliphatic carbocycles. The second-order valence-electron chi connectivity index (χ2n) is 4.57. The van der Waals surface area contributed by atoms with Crippen LogP contribution < -0.4 is 10.6 Å². The third-order valence-electron chi connectivity index (χ3n) is 3.06. The number of carboxylic acid groups (broad SMARTS) is 1. The number of carbonyl (C=O) groups excluding carboxylic acids is 1. The van der Waals surface area contributed by atoms with E-state index in [2.05, 4.69) is 17.6 Å². The van der Waals surface area contributed by atoms with Crippen LogP contribution in [0.15, 0.2) is 0 Å². The maximum absolute atomic E-state index is 11.4. The van der Waals surface area contributed by atoms with Gasteiger partial charge in [-0.05, 0) is 25.2 Å². The molecule has 5 heteroatoms. The molecule has 0 aliphatic heterocycles. The second kappa shape index (κ2) is 5.72. The lowest BCUT2D eigenvalue weighted by Gasteiger charge is -2.33. The summed E-state index contributed by atoms with van der Waals surface area (Å²) in [5, 5.41) is 14.2. The van der Waals surface area contributed by atoms with Crippen LogP contribution in [0.4, 0.5) is 4.79 Å². The van der Waals surface area contributed by atoms with Crippen molar-refractivity contribution in [2.45, 2.75) is 39.2 Å². The normalized spacial score (nSPS) is 25.4. The molecule has 2 amide bonds. The highest BCUT2D eigenvalue weighted by Crippen LogP contribution is 2.25. The van der Waals surface area contributed by atoms with Gasteiger partial charge in [0, 0.05) is 12.6 Å². The molecule has 0 aromatic rings. The summed E-state index contributed by atoms with van der Waals surface area (Å²) in [4.78, 5) is 22.1. The number of rotatable bonds is 5. The molecule has 0 aromatic carbocycles. The maximum atomic E-state index is 11.4. The minimum absolute atomic E-state index is 0.194. The van der Waals surface area contributed by atoms with Crippen molar-refractivity contribution in [3.05, 3.63) is 0 Å². The molecule has 1 unspecified atom stereocenters. The first-order chi connectivity index (χ1) is 7.52. The molecular formula is C11H20N2O3. The zero-order valence-corrected chi connectivity index (χ0v) is 9.82. The van der Waals surface area contributed by atoms with Crippen molar-refractivity contribution in [2.24, 2.45) is 11.8 Å². The van der Waals surface area contributed by atoms with Crippen LogP contribution in [-0.4, -0.2) is 29.7 Å². The summed E-state index contributed by atoms with van der Waals surface area (Å²) >= 11 is 0. The molecule has 5 nitrogen and oxygen atoms in total. The van der Waals surface area contributed by atoms with Gasteiger partial charge in [0.05, 0.1) is 5.92 Å². The highest BCUT2D eigenvalue weighted by molar-refractivity contribution is 5.76. The highest BCUT2D eigenvalue weighted by Gasteiger charge is 2.26. The van der Waals surface area contributed by atoms with E-state index in [9.17, 15) is 9.59 Å². The Kier molecular flexibility index (Phi) is 4.58. The zero-order valence-electron chi connectivity index (χ0n) is 9.82. The van der Waals surface area contributed by atoms with Crippen molar-refractivity contribution in [2.75, 3.05) is 6.54 Å². The second-order valence-corrected chi connectivity index (χ2v) is 4.57. The molecule has 1 fully saturated rings. The first-order valence-electron chi connectivity index (χ1n) is 5.80. The summed E-state index contributed by atoms with van der Waals surface area (Å²) in [6.07, 6.45) is 2.56. The third kappa shape index (κ3) is 3.72. The van der Waals surface area contributed by atoms with E-state index in [4.69, 9.17) is 5.11 Å². The fraction of sp³-hybridized carbons (Fsp3) is 0.818. The Morgan fingerprint density at radius 3 is 2.50 bits per heavy atom. The largest absolute Gasteiger partial charge is 0.481 e. The van der Waals surface area contributed by atoms with Crippen LogP contribution in [0.2, 0.25) is 0 Å². The van der Waals surface area contributed by atoms with E-state index in [0.717, 1.165) is 12.8 Å². The van der Waals surface area contributed by atoms with Crippen molar-refractivity contribution in [3.8, 4) is 0 Å². The number of aliphatic carboxylic acids is 1. The Labute approximate surface area is 95.6 Å². The average molecular weight is 228 g/mol. The minimum Gasteiger partial charge on any atom is -0.481 e. The summed E-state index contributed by atoms with van der Waals surface area (Å²) in [6, 6.07) is 0.0107. The molecule has 1 atom stereocenters. The van der Waals surface area contributed by atoms with Crippen LogP contribution in [0.5, 0.6) is 0 Å². The molecule has 16 heavy (non-hydrogen) atoms. The topological polar surface area (TPSA) is 78.4 Å². The van der Waals surface area contributed by atoms with Gasteiger partial charge in [0.25, 0.3) is 0 Å². The van der Waals surface area contributed by atoms with Crippen molar-refractivity contribution in [1.82, 2.24) is 10.6 Å². The van der Waals surface area contributed by atoms with Crippen molar-refractivity contribution in [3.63, 3.8) is 0 Å². The molecule has 3 N–H and O–H groups in total. The Balaban J connectivity index is 2.16. The van der Waals surface area contributed by atoms with Crippen molar-refractivity contribution >= 4 is 12.0 Å². The Hall–Kier alpha value is -1.26. The van der Waals surface area contributed by atoms with Crippen LogP contribution in [-0.2, 0) is 4.79 Å². The summed E-state index contributed by atoms with van der Waals surface area (Å²) in [6.45, 7) is 4.14. The SMILES string of the molecule is CCC(CNC(=O)NC1CC(C)C1)C(=O)O. The van der Waals surface area contributed by atoms with E-state index in [-0.39, 0.29) is 18.6 Å². The molecule has 0 radical (unpaired) electrons. The molecule has 0 bridgehead atoms. The summed E-state index contributed by atoms with van der Waals surface area (Å²) in [5.41, 5.74) is 0. The first kappa shape index (κ1) is 12.8. The molecular weight excluding hydrogens is 208 g/mol. The number of carboxylic acids is 1. The third-order valence-corrected chi connectivity index (χ3v) is 3.06. The monoisotopic (exact) mass is 228 g/mol. The fourth-order valence-corrected chi connectivity index (χ4v) is 1.88. The van der Waals surface area contributed by atoms with Crippen LogP contribution >= 0.6 is 0 Å². The number of nitrogens with one attached hydrogen (secondary N) is 2. The fourth-order valence-electron chi connectivity index (χ4n) is 1.88. The Bertz CT molecular complexity index is 262. The lowest BCUT2D eigenvalue weighted by molar-refractivity contribution is -0.141. The van der Waals surface area contributed by atoms with E-state index >= 15 is 0 Å². The van der Waals surface area contributed by atoms with Gasteiger partial charge in [0.2, 0.25) is 0 Å². The summed E-state index contributed by atoms with van der Waals surface area (Å²) in [7, 11) is 0. The van der Waals surface area contributed by atoms with Crippen LogP contribution in [0, 0.1) is 11.8 Å². The van der Waals surface area contributed by atoms with Gasteiger partial charge in [-0.15, -0.1) is 0 Å². The van der Waals surface area contributed by atoms with Crippen molar-refractivity contribution in [1.29, 1.82) is 0 Å². The van der Waals surface area contributed by atoms with Gasteiger partial charge < -0.3 is 15.7 Å². The van der Waals surface area contributed by atoms with E-state index in [1.807, 2.05) is 0 Å². The summed E-state index contributed by atoms with van der Waals surface area (Å²) in [5.74, 6) is -0.668. The number of carbonyl (C=O) groups is 2. The Morgan fingerprint density at radius 1 is 1.44 bits per heavy atom. The van der Waals surface area contributed by atoms with E-state index in [1.165, 1.54) is 0 Å². The van der Waals surface area contributed by atoms with Crippen LogP contribution in [0.1, 0.15) is 33.1 Å². The molecule has 92 valence electrons. The van der Waals surface area contributed by atoms with E-state index in [1.54, 1.807) is 6.92 Å². The van der Waals surface area contributed by atoms with Gasteiger partial charge in [0.1, 0.15) is 0 Å². The van der Waals surface area contributed by atoms with Crippen molar-refractivity contribution < 1.29 is 14.7 Å². The molecule has 0 spiro atoms. The maximum Gasteiger partial charge on any atom is 0.315 e. The Morgan fingerprint density at radius 2 is 2.06 bits per heavy atom. The molecule has 0 saturated heterocycles. The number of amides is 2. The molecule has 0 heterocycles. The lowest BCUT2D eigenvalue weighted by atomic mass is 9.82. The van der Waals surface area contributed by atoms with Crippen LogP contribution in [0.3, 0.4) is 0 Å². The standard InChI is InChI=1S/C11H20N2O3/c1-3-8(10(14)15)6-12-11(16)13-9-4-7(2)5-9/h7-9H,3-6H2,1-2H3,(H,14,15)(H2,12,13,16). The van der Waals surface area contributed by atoms with Gasteiger partial charge in [-0.1, -0.05) is 13.8 Å². The van der Waals surface area contributed by atoms with Crippen LogP contribution in [0.25, 0.3) is 0 Å². The average Bonchev–Trinajstić information content (AvgIpc) is 2.15. The number of hydrogen-bond donors (Lipinski definition) is 3. The summed E-state index contributed by atoms with van der Waals surface area (Å²) < 4.78 is 0. The smallest absolute Gasteiger partial charge is 0.315 e. The first-order valence-corrected chi connectivity index (χ1v) is 5.80. The van der Waals surface area contributed by atoms with Gasteiger partial charge in [-0.2, -0.15) is 0 Å². The van der Waals surface area contributed by atoms with Gasteiger partial charge in [0.15, 0.2) is 0 Å². The number of urea groups is 1. The van der Waals surface area contributed by atoms with Gasteiger partial charge in [-0.3, -0.25) is 4.79 Å². The van der Waals surface area contributed by atoms with E-state index < -0.39 is 11.9 Å². The predicted octanol–water partition coefficient (Wildman–Crippen LogP) is 1.19. The molecule has 1 rings (SSSR count). The van der Waals surface area contributed by atoms with E-state index in [0.29, 0.717) is 12.3 Å². The molecule has 1 aliphatic rings. The van der Waals surface area contributed by atoms with Gasteiger partial charge >= 0.3 is 12.0 Å².